The van der Waals surface area contributed by atoms with Crippen molar-refractivity contribution < 1.29 is 4.79 Å². The molecule has 0 atom stereocenters. The van der Waals surface area contributed by atoms with Crippen LogP contribution in [-0.2, 0) is 17.8 Å². The average Bonchev–Trinajstić information content (AvgIpc) is 2.90. The molecular formula is C16H15N3O. The van der Waals surface area contributed by atoms with E-state index in [-0.39, 0.29) is 5.91 Å². The smallest absolute Gasteiger partial charge is 0.224 e. The van der Waals surface area contributed by atoms with Gasteiger partial charge in [-0.05, 0) is 23.3 Å². The van der Waals surface area contributed by atoms with Crippen LogP contribution in [0, 0.1) is 0 Å². The fraction of sp³-hybridized carbons (Fsp3) is 0.125. The van der Waals surface area contributed by atoms with Crippen LogP contribution in [-0.4, -0.2) is 15.9 Å². The number of amides is 1. The third-order valence-electron chi connectivity index (χ3n) is 3.22. The SMILES string of the molecule is O=C(Cc1c[nH]c2ncccc12)NCc1ccccc1. The molecule has 0 aliphatic carbocycles. The van der Waals surface area contributed by atoms with Crippen LogP contribution in [0.3, 0.4) is 0 Å². The van der Waals surface area contributed by atoms with Gasteiger partial charge in [0.05, 0.1) is 6.42 Å². The lowest BCUT2D eigenvalue weighted by atomic mass is 10.1. The quantitative estimate of drug-likeness (QED) is 0.761. The number of benzene rings is 1. The third-order valence-corrected chi connectivity index (χ3v) is 3.22. The molecule has 2 aromatic heterocycles. The van der Waals surface area contributed by atoms with E-state index in [9.17, 15) is 4.79 Å². The molecule has 0 saturated heterocycles. The van der Waals surface area contributed by atoms with Crippen molar-refractivity contribution in [3.8, 4) is 0 Å². The summed E-state index contributed by atoms with van der Waals surface area (Å²) in [6.45, 7) is 0.556. The highest BCUT2D eigenvalue weighted by molar-refractivity contribution is 5.87. The molecule has 20 heavy (non-hydrogen) atoms. The Morgan fingerprint density at radius 1 is 1.15 bits per heavy atom. The molecule has 4 nitrogen and oxygen atoms in total. The molecule has 1 aromatic carbocycles. The molecule has 0 spiro atoms. The van der Waals surface area contributed by atoms with Crippen molar-refractivity contribution in [1.82, 2.24) is 15.3 Å². The molecule has 0 bridgehead atoms. The predicted octanol–water partition coefficient (Wildman–Crippen LogP) is 2.42. The number of nitrogens with one attached hydrogen (secondary N) is 2. The van der Waals surface area contributed by atoms with Crippen molar-refractivity contribution in [3.05, 3.63) is 66.0 Å². The van der Waals surface area contributed by atoms with Crippen LogP contribution in [0.2, 0.25) is 0 Å². The van der Waals surface area contributed by atoms with E-state index in [1.54, 1.807) is 6.20 Å². The Kier molecular flexibility index (Phi) is 3.46. The minimum Gasteiger partial charge on any atom is -0.352 e. The van der Waals surface area contributed by atoms with E-state index in [0.29, 0.717) is 13.0 Å². The van der Waals surface area contributed by atoms with E-state index < -0.39 is 0 Å². The summed E-state index contributed by atoms with van der Waals surface area (Å²) in [5, 5.41) is 3.93. The van der Waals surface area contributed by atoms with Gasteiger partial charge in [0, 0.05) is 24.3 Å². The summed E-state index contributed by atoms with van der Waals surface area (Å²) >= 11 is 0. The van der Waals surface area contributed by atoms with Gasteiger partial charge in [-0.15, -0.1) is 0 Å². The molecule has 0 saturated carbocycles. The van der Waals surface area contributed by atoms with Crippen molar-refractivity contribution in [2.75, 3.05) is 0 Å². The van der Waals surface area contributed by atoms with Crippen molar-refractivity contribution in [1.29, 1.82) is 0 Å². The maximum atomic E-state index is 12.0. The zero-order chi connectivity index (χ0) is 13.8. The predicted molar refractivity (Wildman–Crippen MR) is 78.1 cm³/mol. The first-order valence-corrected chi connectivity index (χ1v) is 6.54. The van der Waals surface area contributed by atoms with Gasteiger partial charge in [0.15, 0.2) is 0 Å². The highest BCUT2D eigenvalue weighted by atomic mass is 16.1. The number of carbonyl (C=O) groups is 1. The molecular weight excluding hydrogens is 250 g/mol. The van der Waals surface area contributed by atoms with E-state index in [1.807, 2.05) is 48.7 Å². The van der Waals surface area contributed by atoms with Crippen LogP contribution in [0.4, 0.5) is 0 Å². The maximum absolute atomic E-state index is 12.0. The Morgan fingerprint density at radius 2 is 2.00 bits per heavy atom. The van der Waals surface area contributed by atoms with E-state index in [4.69, 9.17) is 0 Å². The Labute approximate surface area is 116 Å². The number of fused-ring (bicyclic) bond motifs is 1. The largest absolute Gasteiger partial charge is 0.352 e. The fourth-order valence-electron chi connectivity index (χ4n) is 2.19. The van der Waals surface area contributed by atoms with Crippen molar-refractivity contribution in [3.63, 3.8) is 0 Å². The van der Waals surface area contributed by atoms with Gasteiger partial charge in [0.1, 0.15) is 5.65 Å². The summed E-state index contributed by atoms with van der Waals surface area (Å²) in [5.74, 6) is 0.0126. The lowest BCUT2D eigenvalue weighted by Crippen LogP contribution is -2.24. The van der Waals surface area contributed by atoms with Gasteiger partial charge >= 0.3 is 0 Å². The molecule has 0 aliphatic heterocycles. The normalized spacial score (nSPS) is 10.6. The van der Waals surface area contributed by atoms with Gasteiger partial charge in [-0.1, -0.05) is 30.3 Å². The molecule has 2 heterocycles. The number of H-pyrrole nitrogens is 1. The topological polar surface area (TPSA) is 57.8 Å². The summed E-state index contributed by atoms with van der Waals surface area (Å²) in [7, 11) is 0. The van der Waals surface area contributed by atoms with Gasteiger partial charge in [-0.25, -0.2) is 4.98 Å². The van der Waals surface area contributed by atoms with Gasteiger partial charge in [0.25, 0.3) is 0 Å². The van der Waals surface area contributed by atoms with Gasteiger partial charge in [0.2, 0.25) is 5.91 Å². The van der Waals surface area contributed by atoms with Gasteiger partial charge in [-0.2, -0.15) is 0 Å². The molecule has 0 aliphatic rings. The summed E-state index contributed by atoms with van der Waals surface area (Å²) < 4.78 is 0. The first-order valence-electron chi connectivity index (χ1n) is 6.54. The summed E-state index contributed by atoms with van der Waals surface area (Å²) in [5.41, 5.74) is 2.89. The molecule has 0 fully saturated rings. The zero-order valence-electron chi connectivity index (χ0n) is 11.0. The number of hydrogen-bond donors (Lipinski definition) is 2. The third kappa shape index (κ3) is 2.69. The second-order valence-electron chi connectivity index (χ2n) is 4.65. The Hall–Kier alpha value is -2.62. The molecule has 100 valence electrons. The number of carbonyl (C=O) groups excluding carboxylic acids is 1. The minimum absolute atomic E-state index is 0.0126. The molecule has 3 aromatic rings. The highest BCUT2D eigenvalue weighted by Gasteiger charge is 2.08. The van der Waals surface area contributed by atoms with Gasteiger partial charge < -0.3 is 10.3 Å². The van der Waals surface area contributed by atoms with Crippen LogP contribution in [0.5, 0.6) is 0 Å². The van der Waals surface area contributed by atoms with Crippen LogP contribution >= 0.6 is 0 Å². The number of rotatable bonds is 4. The van der Waals surface area contributed by atoms with Crippen LogP contribution < -0.4 is 5.32 Å². The lowest BCUT2D eigenvalue weighted by molar-refractivity contribution is -0.120. The number of aromatic amines is 1. The van der Waals surface area contributed by atoms with E-state index in [2.05, 4.69) is 15.3 Å². The number of hydrogen-bond acceptors (Lipinski definition) is 2. The van der Waals surface area contributed by atoms with E-state index in [0.717, 1.165) is 22.2 Å². The van der Waals surface area contributed by atoms with E-state index in [1.165, 1.54) is 0 Å². The fourth-order valence-corrected chi connectivity index (χ4v) is 2.19. The average molecular weight is 265 g/mol. The second-order valence-corrected chi connectivity index (χ2v) is 4.65. The van der Waals surface area contributed by atoms with Crippen LogP contribution in [0.25, 0.3) is 11.0 Å². The Bertz CT molecular complexity index is 719. The van der Waals surface area contributed by atoms with Crippen molar-refractivity contribution in [2.45, 2.75) is 13.0 Å². The Morgan fingerprint density at radius 3 is 2.85 bits per heavy atom. The zero-order valence-corrected chi connectivity index (χ0v) is 11.0. The van der Waals surface area contributed by atoms with Crippen LogP contribution in [0.1, 0.15) is 11.1 Å². The highest BCUT2D eigenvalue weighted by Crippen LogP contribution is 2.15. The molecule has 0 unspecified atom stereocenters. The second kappa shape index (κ2) is 5.57. The Balaban J connectivity index is 1.64. The maximum Gasteiger partial charge on any atom is 0.224 e. The first-order chi connectivity index (χ1) is 9.83. The van der Waals surface area contributed by atoms with Crippen molar-refractivity contribution in [2.24, 2.45) is 0 Å². The molecule has 3 rings (SSSR count). The molecule has 2 N–H and O–H groups in total. The molecule has 4 heteroatoms. The van der Waals surface area contributed by atoms with Crippen molar-refractivity contribution >= 4 is 16.9 Å². The van der Waals surface area contributed by atoms with Crippen LogP contribution in [0.15, 0.2) is 54.9 Å². The molecule has 0 radical (unpaired) electrons. The monoisotopic (exact) mass is 265 g/mol. The van der Waals surface area contributed by atoms with Gasteiger partial charge in [-0.3, -0.25) is 4.79 Å². The standard InChI is InChI=1S/C16H15N3O/c20-15(18-10-12-5-2-1-3-6-12)9-13-11-19-16-14(13)7-4-8-17-16/h1-8,11H,9-10H2,(H,17,19)(H,18,20). The lowest BCUT2D eigenvalue weighted by Gasteiger charge is -2.04. The summed E-state index contributed by atoms with van der Waals surface area (Å²) in [6.07, 6.45) is 3.94. The minimum atomic E-state index is 0.0126. The summed E-state index contributed by atoms with van der Waals surface area (Å²) in [4.78, 5) is 19.3. The summed E-state index contributed by atoms with van der Waals surface area (Å²) in [6, 6.07) is 13.7. The number of nitrogens with zero attached hydrogens (tertiary/aromatic N) is 1. The first kappa shape index (κ1) is 12.4. The van der Waals surface area contributed by atoms with E-state index >= 15 is 0 Å². The number of pyridine rings is 1. The number of aromatic nitrogens is 2. The molecule has 1 amide bonds.